The van der Waals surface area contributed by atoms with Gasteiger partial charge in [0.15, 0.2) is 6.61 Å². The molecule has 1 fully saturated rings. The van der Waals surface area contributed by atoms with Crippen LogP contribution in [-0.2, 0) is 9.59 Å². The van der Waals surface area contributed by atoms with E-state index in [-0.39, 0.29) is 12.5 Å². The number of ether oxygens (including phenoxy) is 1. The summed E-state index contributed by atoms with van der Waals surface area (Å²) >= 11 is 0. The van der Waals surface area contributed by atoms with Crippen molar-refractivity contribution in [2.45, 2.75) is 19.8 Å². The number of nitrogens with one attached hydrogen (secondary N) is 1. The van der Waals surface area contributed by atoms with Gasteiger partial charge in [-0.1, -0.05) is 12.1 Å². The number of anilines is 1. The highest BCUT2D eigenvalue weighted by atomic mass is 16.5. The van der Waals surface area contributed by atoms with Gasteiger partial charge in [0.05, 0.1) is 17.3 Å². The molecule has 0 unspecified atom stereocenters. The molecule has 1 aliphatic rings. The highest BCUT2D eigenvalue weighted by Gasteiger charge is 2.21. The first-order valence-corrected chi connectivity index (χ1v) is 8.94. The molecular weight excluding hydrogens is 356 g/mol. The zero-order valence-corrected chi connectivity index (χ0v) is 15.5. The van der Waals surface area contributed by atoms with Crippen molar-refractivity contribution in [2.24, 2.45) is 5.10 Å². The van der Waals surface area contributed by atoms with E-state index in [1.165, 1.54) is 0 Å². The van der Waals surface area contributed by atoms with Gasteiger partial charge in [-0.25, -0.2) is 5.43 Å². The molecule has 28 heavy (non-hydrogen) atoms. The zero-order valence-electron chi connectivity index (χ0n) is 15.5. The van der Waals surface area contributed by atoms with E-state index in [1.54, 1.807) is 36.1 Å². The molecule has 0 aliphatic carbocycles. The van der Waals surface area contributed by atoms with Crippen LogP contribution >= 0.6 is 0 Å². The first-order valence-electron chi connectivity index (χ1n) is 8.94. The Labute approximate surface area is 163 Å². The summed E-state index contributed by atoms with van der Waals surface area (Å²) in [6.07, 6.45) is 1.44. The number of hydrogen-bond acceptors (Lipinski definition) is 5. The third kappa shape index (κ3) is 4.74. The number of nitriles is 1. The van der Waals surface area contributed by atoms with Crippen molar-refractivity contribution in [1.29, 1.82) is 5.26 Å². The largest absolute Gasteiger partial charge is 0.484 e. The average Bonchev–Trinajstić information content (AvgIpc) is 3.16. The van der Waals surface area contributed by atoms with Crippen molar-refractivity contribution in [1.82, 2.24) is 5.43 Å². The number of carbonyl (C=O) groups is 2. The SMILES string of the molecule is C/C(=N/NC(=O)COc1ccc(C#N)cc1)c1cccc(N2CCCC2=O)c1. The van der Waals surface area contributed by atoms with Gasteiger partial charge in [-0.3, -0.25) is 9.59 Å². The Bertz CT molecular complexity index is 945. The Morgan fingerprint density at radius 3 is 2.75 bits per heavy atom. The molecule has 0 saturated carbocycles. The lowest BCUT2D eigenvalue weighted by Gasteiger charge is -2.16. The van der Waals surface area contributed by atoms with Crippen molar-refractivity contribution in [3.8, 4) is 11.8 Å². The van der Waals surface area contributed by atoms with Gasteiger partial charge in [-0.05, 0) is 55.3 Å². The molecule has 0 spiro atoms. The molecule has 2 aromatic rings. The summed E-state index contributed by atoms with van der Waals surface area (Å²) in [5.41, 5.74) is 5.27. The van der Waals surface area contributed by atoms with Crippen molar-refractivity contribution >= 4 is 23.2 Å². The van der Waals surface area contributed by atoms with Gasteiger partial charge in [-0.2, -0.15) is 10.4 Å². The second-order valence-corrected chi connectivity index (χ2v) is 6.36. The third-order valence-corrected chi connectivity index (χ3v) is 4.35. The monoisotopic (exact) mass is 376 g/mol. The van der Waals surface area contributed by atoms with Crippen LogP contribution in [0.3, 0.4) is 0 Å². The van der Waals surface area contributed by atoms with Crippen LogP contribution in [0.4, 0.5) is 5.69 Å². The summed E-state index contributed by atoms with van der Waals surface area (Å²) in [6, 6.07) is 16.0. The maximum Gasteiger partial charge on any atom is 0.277 e. The maximum atomic E-state index is 11.9. The van der Waals surface area contributed by atoms with E-state index >= 15 is 0 Å². The number of nitrogens with zero attached hydrogens (tertiary/aromatic N) is 3. The lowest BCUT2D eigenvalue weighted by atomic mass is 10.1. The minimum atomic E-state index is -0.394. The minimum absolute atomic E-state index is 0.125. The summed E-state index contributed by atoms with van der Waals surface area (Å²) < 4.78 is 5.37. The van der Waals surface area contributed by atoms with E-state index < -0.39 is 5.91 Å². The standard InChI is InChI=1S/C21H20N4O3/c1-15(17-4-2-5-18(12-17)25-11-3-6-21(25)27)23-24-20(26)14-28-19-9-7-16(13-22)8-10-19/h2,4-5,7-10,12H,3,6,11,14H2,1H3,(H,24,26)/b23-15-. The zero-order chi connectivity index (χ0) is 19.9. The molecular formula is C21H20N4O3. The third-order valence-electron chi connectivity index (χ3n) is 4.35. The number of hydrogen-bond donors (Lipinski definition) is 1. The van der Waals surface area contributed by atoms with Crippen LogP contribution in [0.1, 0.15) is 30.9 Å². The second kappa shape index (κ2) is 8.82. The van der Waals surface area contributed by atoms with Gasteiger partial charge < -0.3 is 9.64 Å². The lowest BCUT2D eigenvalue weighted by Crippen LogP contribution is -2.26. The molecule has 2 amide bonds. The number of rotatable bonds is 6. The minimum Gasteiger partial charge on any atom is -0.484 e. The van der Waals surface area contributed by atoms with Crippen LogP contribution in [0, 0.1) is 11.3 Å². The topological polar surface area (TPSA) is 94.8 Å². The highest BCUT2D eigenvalue weighted by Crippen LogP contribution is 2.22. The van der Waals surface area contributed by atoms with E-state index in [0.717, 1.165) is 24.2 Å². The van der Waals surface area contributed by atoms with E-state index in [1.807, 2.05) is 30.3 Å². The summed E-state index contributed by atoms with van der Waals surface area (Å²) in [7, 11) is 0. The molecule has 142 valence electrons. The number of hydrazone groups is 1. The fraction of sp³-hybridized carbons (Fsp3) is 0.238. The molecule has 1 saturated heterocycles. The highest BCUT2D eigenvalue weighted by molar-refractivity contribution is 6.01. The average molecular weight is 376 g/mol. The molecule has 0 radical (unpaired) electrons. The van der Waals surface area contributed by atoms with Crippen molar-refractivity contribution in [2.75, 3.05) is 18.1 Å². The van der Waals surface area contributed by atoms with Gasteiger partial charge in [0.25, 0.3) is 5.91 Å². The molecule has 3 rings (SSSR count). The second-order valence-electron chi connectivity index (χ2n) is 6.36. The maximum absolute atomic E-state index is 11.9. The number of benzene rings is 2. The van der Waals surface area contributed by atoms with Crippen molar-refractivity contribution in [3.63, 3.8) is 0 Å². The van der Waals surface area contributed by atoms with Crippen LogP contribution in [-0.4, -0.2) is 30.7 Å². The van der Waals surface area contributed by atoms with Gasteiger partial charge >= 0.3 is 0 Å². The normalized spacial score (nSPS) is 13.9. The van der Waals surface area contributed by atoms with Crippen LogP contribution in [0.25, 0.3) is 0 Å². The van der Waals surface area contributed by atoms with Crippen molar-refractivity contribution in [3.05, 3.63) is 59.7 Å². The van der Waals surface area contributed by atoms with Crippen LogP contribution in [0.5, 0.6) is 5.75 Å². The fourth-order valence-corrected chi connectivity index (χ4v) is 2.84. The van der Waals surface area contributed by atoms with E-state index in [9.17, 15) is 9.59 Å². The molecule has 1 N–H and O–H groups in total. The summed E-state index contributed by atoms with van der Waals surface area (Å²) in [6.45, 7) is 2.32. The van der Waals surface area contributed by atoms with E-state index in [2.05, 4.69) is 10.5 Å². The fourth-order valence-electron chi connectivity index (χ4n) is 2.84. The predicted molar refractivity (Wildman–Crippen MR) is 105 cm³/mol. The van der Waals surface area contributed by atoms with Gasteiger partial charge in [0, 0.05) is 18.7 Å². The number of amides is 2. The molecule has 0 aromatic heterocycles. The molecule has 2 aromatic carbocycles. The van der Waals surface area contributed by atoms with Gasteiger partial charge in [-0.15, -0.1) is 0 Å². The quantitative estimate of drug-likeness (QED) is 0.619. The molecule has 0 bridgehead atoms. The smallest absolute Gasteiger partial charge is 0.277 e. The van der Waals surface area contributed by atoms with Crippen molar-refractivity contribution < 1.29 is 14.3 Å². The van der Waals surface area contributed by atoms with E-state index in [4.69, 9.17) is 10.00 Å². The molecule has 7 nitrogen and oxygen atoms in total. The van der Waals surface area contributed by atoms with Gasteiger partial charge in [0.2, 0.25) is 5.91 Å². The Morgan fingerprint density at radius 1 is 1.29 bits per heavy atom. The Balaban J connectivity index is 1.56. The Morgan fingerprint density at radius 2 is 2.07 bits per heavy atom. The molecule has 1 heterocycles. The summed E-state index contributed by atoms with van der Waals surface area (Å²) in [5, 5.41) is 12.9. The summed E-state index contributed by atoms with van der Waals surface area (Å²) in [4.78, 5) is 25.6. The molecule has 1 aliphatic heterocycles. The van der Waals surface area contributed by atoms with Crippen LogP contribution in [0.15, 0.2) is 53.6 Å². The van der Waals surface area contributed by atoms with E-state index in [0.29, 0.717) is 23.4 Å². The first kappa shape index (κ1) is 19.1. The van der Waals surface area contributed by atoms with Gasteiger partial charge in [0.1, 0.15) is 5.75 Å². The summed E-state index contributed by atoms with van der Waals surface area (Å²) in [5.74, 6) is 0.229. The lowest BCUT2D eigenvalue weighted by molar-refractivity contribution is -0.123. The predicted octanol–water partition coefficient (Wildman–Crippen LogP) is 2.60. The Hall–Kier alpha value is -3.66. The van der Waals surface area contributed by atoms with Crippen LogP contribution in [0.2, 0.25) is 0 Å². The Kier molecular flexibility index (Phi) is 6.02. The first-order chi connectivity index (χ1) is 13.6. The molecule has 7 heteroatoms. The van der Waals surface area contributed by atoms with Crippen LogP contribution < -0.4 is 15.1 Å². The number of carbonyl (C=O) groups excluding carboxylic acids is 2. The molecule has 0 atom stereocenters.